The molecule has 0 aromatic heterocycles. The van der Waals surface area contributed by atoms with Crippen LogP contribution in [0.5, 0.6) is 11.5 Å². The molecule has 29 heavy (non-hydrogen) atoms. The highest BCUT2D eigenvalue weighted by atomic mass is 16.5. The number of likely N-dealkylation sites (tertiary alicyclic amines) is 1. The van der Waals surface area contributed by atoms with Crippen LogP contribution in [0.15, 0.2) is 54.6 Å². The van der Waals surface area contributed by atoms with E-state index in [9.17, 15) is 9.59 Å². The summed E-state index contributed by atoms with van der Waals surface area (Å²) in [7, 11) is 1.56. The summed E-state index contributed by atoms with van der Waals surface area (Å²) < 4.78 is 16.6. The van der Waals surface area contributed by atoms with Gasteiger partial charge in [-0.15, -0.1) is 0 Å². The molecule has 0 radical (unpaired) electrons. The van der Waals surface area contributed by atoms with Gasteiger partial charge >= 0.3 is 5.97 Å². The Hall–Kier alpha value is -3.06. The lowest BCUT2D eigenvalue weighted by Gasteiger charge is -2.23. The molecule has 2 aromatic rings. The van der Waals surface area contributed by atoms with Gasteiger partial charge in [0.25, 0.3) is 5.91 Å². The van der Waals surface area contributed by atoms with Crippen molar-refractivity contribution in [3.8, 4) is 11.5 Å². The number of aliphatic carboxylic acids is 1. The van der Waals surface area contributed by atoms with Gasteiger partial charge in [-0.2, -0.15) is 0 Å². The summed E-state index contributed by atoms with van der Waals surface area (Å²) in [5, 5.41) is 9.06. The van der Waals surface area contributed by atoms with E-state index in [0.717, 1.165) is 5.56 Å². The lowest BCUT2D eigenvalue weighted by atomic mass is 10.1. The van der Waals surface area contributed by atoms with Crippen molar-refractivity contribution < 1.29 is 28.9 Å². The maximum atomic E-state index is 12.5. The van der Waals surface area contributed by atoms with Crippen molar-refractivity contribution in [3.63, 3.8) is 0 Å². The van der Waals surface area contributed by atoms with Gasteiger partial charge in [-0.05, 0) is 36.2 Å². The molecule has 1 fully saturated rings. The van der Waals surface area contributed by atoms with Crippen molar-refractivity contribution in [1.29, 1.82) is 0 Å². The largest absolute Gasteiger partial charge is 0.489 e. The first-order chi connectivity index (χ1) is 14.0. The quantitative estimate of drug-likeness (QED) is 0.698. The van der Waals surface area contributed by atoms with Crippen LogP contribution in [0.25, 0.3) is 0 Å². The third-order valence-electron chi connectivity index (χ3n) is 4.87. The first-order valence-electron chi connectivity index (χ1n) is 9.49. The van der Waals surface area contributed by atoms with Crippen LogP contribution in [0.3, 0.4) is 0 Å². The van der Waals surface area contributed by atoms with E-state index in [1.807, 2.05) is 30.3 Å². The highest BCUT2D eigenvalue weighted by molar-refractivity contribution is 5.79. The lowest BCUT2D eigenvalue weighted by Crippen LogP contribution is -2.40. The molecule has 0 aliphatic carbocycles. The molecule has 0 bridgehead atoms. The van der Waals surface area contributed by atoms with Crippen molar-refractivity contribution in [2.75, 3.05) is 20.3 Å². The minimum Gasteiger partial charge on any atom is -0.489 e. The molecule has 0 saturated carbocycles. The maximum absolute atomic E-state index is 12.5. The monoisotopic (exact) mass is 399 g/mol. The molecule has 2 aromatic carbocycles. The summed E-state index contributed by atoms with van der Waals surface area (Å²) in [6.07, 6.45) is 0.269. The van der Waals surface area contributed by atoms with Crippen LogP contribution in [-0.4, -0.2) is 54.3 Å². The van der Waals surface area contributed by atoms with Crippen molar-refractivity contribution in [2.45, 2.75) is 31.6 Å². The van der Waals surface area contributed by atoms with Gasteiger partial charge < -0.3 is 24.2 Å². The van der Waals surface area contributed by atoms with Gasteiger partial charge in [0.2, 0.25) is 0 Å². The van der Waals surface area contributed by atoms with Crippen LogP contribution < -0.4 is 9.47 Å². The lowest BCUT2D eigenvalue weighted by molar-refractivity contribution is -0.140. The molecule has 1 heterocycles. The fraction of sp³-hybridized carbons (Fsp3) is 0.364. The van der Waals surface area contributed by atoms with E-state index in [1.54, 1.807) is 36.3 Å². The zero-order valence-corrected chi connectivity index (χ0v) is 16.3. The third-order valence-corrected chi connectivity index (χ3v) is 4.87. The van der Waals surface area contributed by atoms with Gasteiger partial charge in [-0.3, -0.25) is 9.59 Å². The van der Waals surface area contributed by atoms with Gasteiger partial charge in [-0.25, -0.2) is 0 Å². The molecule has 1 N–H and O–H groups in total. The molecule has 7 nitrogen and oxygen atoms in total. The van der Waals surface area contributed by atoms with Crippen LogP contribution in [0.1, 0.15) is 18.4 Å². The van der Waals surface area contributed by atoms with Crippen molar-refractivity contribution in [1.82, 2.24) is 4.90 Å². The highest BCUT2D eigenvalue weighted by Crippen LogP contribution is 2.24. The number of ether oxygens (including phenoxy) is 3. The number of nitrogens with zero attached hydrogens (tertiary/aromatic N) is 1. The first kappa shape index (κ1) is 20.7. The molecular weight excluding hydrogens is 374 g/mol. The van der Waals surface area contributed by atoms with E-state index in [1.165, 1.54) is 0 Å². The summed E-state index contributed by atoms with van der Waals surface area (Å²) in [6, 6.07) is 16.5. The Labute approximate surface area is 169 Å². The van der Waals surface area contributed by atoms with E-state index in [0.29, 0.717) is 31.1 Å². The number of carboxylic acid groups (broad SMARTS) is 1. The first-order valence-corrected chi connectivity index (χ1v) is 9.49. The molecular formula is C22H25NO6. The third kappa shape index (κ3) is 5.96. The topological polar surface area (TPSA) is 85.3 Å². The Morgan fingerprint density at radius 3 is 2.31 bits per heavy atom. The molecule has 7 heteroatoms. The van der Waals surface area contributed by atoms with Gasteiger partial charge in [0.05, 0.1) is 12.5 Å². The molecule has 1 aliphatic heterocycles. The molecule has 3 rings (SSSR count). The molecule has 1 saturated heterocycles. The summed E-state index contributed by atoms with van der Waals surface area (Å²) in [6.45, 7) is 0.694. The Bertz CT molecular complexity index is 808. The average molecular weight is 399 g/mol. The number of carbonyl (C=O) groups excluding carboxylic acids is 1. The smallest absolute Gasteiger partial charge is 0.305 e. The predicted molar refractivity (Wildman–Crippen MR) is 106 cm³/mol. The van der Waals surface area contributed by atoms with Crippen molar-refractivity contribution in [3.05, 3.63) is 60.2 Å². The number of hydrogen-bond acceptors (Lipinski definition) is 5. The molecule has 2 unspecified atom stereocenters. The van der Waals surface area contributed by atoms with Gasteiger partial charge in [-0.1, -0.05) is 30.3 Å². The Morgan fingerprint density at radius 2 is 1.69 bits per heavy atom. The van der Waals surface area contributed by atoms with Crippen molar-refractivity contribution >= 4 is 11.9 Å². The van der Waals surface area contributed by atoms with E-state index in [4.69, 9.17) is 19.3 Å². The zero-order valence-electron chi connectivity index (χ0n) is 16.3. The Morgan fingerprint density at radius 1 is 1.03 bits per heavy atom. The van der Waals surface area contributed by atoms with E-state index in [2.05, 4.69) is 0 Å². The molecule has 154 valence electrons. The fourth-order valence-electron chi connectivity index (χ4n) is 3.35. The van der Waals surface area contributed by atoms with Crippen molar-refractivity contribution in [2.24, 2.45) is 0 Å². The second-order valence-corrected chi connectivity index (χ2v) is 6.93. The van der Waals surface area contributed by atoms with Crippen LogP contribution >= 0.6 is 0 Å². The number of methoxy groups -OCH3 is 1. The zero-order chi connectivity index (χ0) is 20.6. The van der Waals surface area contributed by atoms with Gasteiger partial charge in [0.15, 0.2) is 6.61 Å². The summed E-state index contributed by atoms with van der Waals surface area (Å²) in [4.78, 5) is 25.1. The standard InChI is InChI=1S/C22H25NO6/c1-27-20-11-17(12-22(25)26)23(13-20)21(24)15-29-19-9-7-18(8-10-19)28-14-16-5-3-2-4-6-16/h2-10,17,20H,11-15H2,1H3,(H,25,26). The molecule has 0 spiro atoms. The normalized spacial score (nSPS) is 18.4. The molecule has 2 atom stereocenters. The minimum absolute atomic E-state index is 0.0982. The minimum atomic E-state index is -0.934. The SMILES string of the molecule is COC1CC(CC(=O)O)N(C(=O)COc2ccc(OCc3ccccc3)cc2)C1. The summed E-state index contributed by atoms with van der Waals surface area (Å²) in [5.41, 5.74) is 1.08. The average Bonchev–Trinajstić information content (AvgIpc) is 3.14. The van der Waals surface area contributed by atoms with E-state index < -0.39 is 5.97 Å². The fourth-order valence-corrected chi connectivity index (χ4v) is 3.35. The van der Waals surface area contributed by atoms with Crippen LogP contribution in [0.4, 0.5) is 0 Å². The van der Waals surface area contributed by atoms with Gasteiger partial charge in [0.1, 0.15) is 18.1 Å². The molecule has 1 amide bonds. The number of hydrogen-bond donors (Lipinski definition) is 1. The van der Waals surface area contributed by atoms with Crippen LogP contribution in [0.2, 0.25) is 0 Å². The van der Waals surface area contributed by atoms with Crippen LogP contribution in [-0.2, 0) is 20.9 Å². The predicted octanol–water partition coefficient (Wildman–Crippen LogP) is 2.74. The molecule has 1 aliphatic rings. The number of carboxylic acids is 1. The van der Waals surface area contributed by atoms with E-state index >= 15 is 0 Å². The summed E-state index contributed by atoms with van der Waals surface area (Å²) >= 11 is 0. The van der Waals surface area contributed by atoms with Gasteiger partial charge in [0, 0.05) is 19.7 Å². The second kappa shape index (κ2) is 9.93. The number of amides is 1. The Balaban J connectivity index is 1.49. The number of rotatable bonds is 9. The highest BCUT2D eigenvalue weighted by Gasteiger charge is 2.36. The Kier molecular flexibility index (Phi) is 7.08. The summed E-state index contributed by atoms with van der Waals surface area (Å²) in [5.74, 6) is 0.0657. The number of benzene rings is 2. The second-order valence-electron chi connectivity index (χ2n) is 6.93. The maximum Gasteiger partial charge on any atom is 0.305 e. The van der Waals surface area contributed by atoms with E-state index in [-0.39, 0.29) is 31.1 Å². The van der Waals surface area contributed by atoms with Crippen LogP contribution in [0, 0.1) is 0 Å². The number of carbonyl (C=O) groups is 2.